The number of rotatable bonds is 5. The molecule has 0 saturated heterocycles. The van der Waals surface area contributed by atoms with Crippen molar-refractivity contribution in [2.24, 2.45) is 5.10 Å². The number of hydrazone groups is 1. The molecule has 0 fully saturated rings. The van der Waals surface area contributed by atoms with Gasteiger partial charge in [0.15, 0.2) is 0 Å². The second-order valence-electron chi connectivity index (χ2n) is 7.71. The molecular weight excluding hydrogens is 400 g/mol. The van der Waals surface area contributed by atoms with E-state index in [-0.39, 0.29) is 11.8 Å². The normalized spacial score (nSPS) is 15.6. The van der Waals surface area contributed by atoms with Crippen molar-refractivity contribution in [2.75, 3.05) is 19.2 Å². The first kappa shape index (κ1) is 19.9. The van der Waals surface area contributed by atoms with Gasteiger partial charge in [0.05, 0.1) is 31.5 Å². The lowest BCUT2D eigenvalue weighted by molar-refractivity contribution is 0.406. The summed E-state index contributed by atoms with van der Waals surface area (Å²) in [4.78, 5) is 0. The fraction of sp³-hybridized carbons (Fsp3) is 0.148. The van der Waals surface area contributed by atoms with Gasteiger partial charge in [-0.2, -0.15) is 5.10 Å². The highest BCUT2D eigenvalue weighted by Crippen LogP contribution is 2.44. The number of methoxy groups -OCH3 is 2. The zero-order valence-electron chi connectivity index (χ0n) is 18.0. The quantitative estimate of drug-likeness (QED) is 0.432. The second-order valence-corrected chi connectivity index (χ2v) is 7.71. The van der Waals surface area contributed by atoms with Crippen molar-refractivity contribution in [3.8, 4) is 17.2 Å². The molecule has 5 rings (SSSR count). The van der Waals surface area contributed by atoms with Crippen LogP contribution in [-0.4, -0.2) is 25.0 Å². The smallest absolute Gasteiger partial charge is 0.144 e. The molecule has 0 bridgehead atoms. The van der Waals surface area contributed by atoms with Crippen LogP contribution in [0, 0.1) is 0 Å². The van der Waals surface area contributed by atoms with Crippen molar-refractivity contribution >= 4 is 22.2 Å². The van der Waals surface area contributed by atoms with E-state index in [4.69, 9.17) is 14.6 Å². The molecule has 0 amide bonds. The van der Waals surface area contributed by atoms with E-state index in [9.17, 15) is 5.11 Å². The molecule has 1 unspecified atom stereocenters. The number of phenolic OH excluding ortho intramolecular Hbond substituents is 1. The maximum Gasteiger partial charge on any atom is 0.144 e. The summed E-state index contributed by atoms with van der Waals surface area (Å²) in [5.41, 5.74) is 3.43. The van der Waals surface area contributed by atoms with Gasteiger partial charge in [-0.25, -0.2) is 0 Å². The average molecular weight is 425 g/mol. The average Bonchev–Trinajstić information content (AvgIpc) is 3.27. The number of para-hydroxylation sites is 2. The van der Waals surface area contributed by atoms with Crippen molar-refractivity contribution in [2.45, 2.75) is 12.5 Å². The maximum absolute atomic E-state index is 10.7. The zero-order valence-corrected chi connectivity index (χ0v) is 18.0. The molecule has 4 aromatic rings. The first-order valence-electron chi connectivity index (χ1n) is 10.5. The van der Waals surface area contributed by atoms with Gasteiger partial charge < -0.3 is 14.6 Å². The molecule has 1 aliphatic heterocycles. The van der Waals surface area contributed by atoms with Crippen LogP contribution in [0.4, 0.5) is 5.69 Å². The van der Waals surface area contributed by atoms with Crippen molar-refractivity contribution in [1.82, 2.24) is 0 Å². The Labute approximate surface area is 187 Å². The highest BCUT2D eigenvalue weighted by molar-refractivity contribution is 6.08. The molecule has 0 saturated carbocycles. The van der Waals surface area contributed by atoms with Crippen LogP contribution < -0.4 is 14.5 Å². The minimum atomic E-state index is -0.0725. The van der Waals surface area contributed by atoms with E-state index in [1.165, 1.54) is 16.3 Å². The van der Waals surface area contributed by atoms with E-state index < -0.39 is 0 Å². The van der Waals surface area contributed by atoms with Crippen LogP contribution in [-0.2, 0) is 0 Å². The van der Waals surface area contributed by atoms with Gasteiger partial charge in [-0.15, -0.1) is 0 Å². The van der Waals surface area contributed by atoms with Crippen LogP contribution in [0.5, 0.6) is 17.2 Å². The Kier molecular flexibility index (Phi) is 5.15. The SMILES string of the molecule is COc1ccccc1N1N=C(c2c(O)cccc2OC)CC1c1cccc2ccccc12. The number of anilines is 1. The monoisotopic (exact) mass is 424 g/mol. The molecular formula is C27H24N2O3. The van der Waals surface area contributed by atoms with Gasteiger partial charge in [-0.1, -0.05) is 60.7 Å². The molecule has 4 aromatic carbocycles. The summed E-state index contributed by atoms with van der Waals surface area (Å²) >= 11 is 0. The maximum atomic E-state index is 10.7. The second kappa shape index (κ2) is 8.27. The number of hydrogen-bond donors (Lipinski definition) is 1. The van der Waals surface area contributed by atoms with Gasteiger partial charge in [0.25, 0.3) is 0 Å². The summed E-state index contributed by atoms with van der Waals surface area (Å²) in [7, 11) is 3.27. The van der Waals surface area contributed by atoms with Crippen molar-refractivity contribution in [1.29, 1.82) is 0 Å². The van der Waals surface area contributed by atoms with Crippen LogP contribution in [0.25, 0.3) is 10.8 Å². The molecule has 5 heteroatoms. The van der Waals surface area contributed by atoms with E-state index in [2.05, 4.69) is 36.4 Å². The first-order valence-corrected chi connectivity index (χ1v) is 10.5. The lowest BCUT2D eigenvalue weighted by atomic mass is 9.93. The summed E-state index contributed by atoms with van der Waals surface area (Å²) in [6, 6.07) is 27.8. The van der Waals surface area contributed by atoms with Crippen molar-refractivity contribution in [3.05, 3.63) is 96.1 Å². The third-order valence-electron chi connectivity index (χ3n) is 5.94. The van der Waals surface area contributed by atoms with E-state index in [0.29, 0.717) is 17.7 Å². The standard InChI is InChI=1S/C27H24N2O3/c1-31-25-15-6-5-13-22(25)29-23(20-12-7-10-18-9-3-4-11-19(18)20)17-21(28-29)27-24(30)14-8-16-26(27)32-2/h3-16,23,30H,17H2,1-2H3. The Balaban J connectivity index is 1.70. The van der Waals surface area contributed by atoms with Crippen LogP contribution in [0.1, 0.15) is 23.6 Å². The Hall–Kier alpha value is -3.99. The largest absolute Gasteiger partial charge is 0.507 e. The van der Waals surface area contributed by atoms with Gasteiger partial charge >= 0.3 is 0 Å². The van der Waals surface area contributed by atoms with Gasteiger partial charge in [-0.3, -0.25) is 5.01 Å². The first-order chi connectivity index (χ1) is 15.7. The molecule has 0 aromatic heterocycles. The summed E-state index contributed by atoms with van der Waals surface area (Å²) in [6.07, 6.45) is 0.611. The van der Waals surface area contributed by atoms with E-state index in [1.54, 1.807) is 26.4 Å². The predicted molar refractivity (Wildman–Crippen MR) is 128 cm³/mol. The van der Waals surface area contributed by atoms with Crippen LogP contribution in [0.3, 0.4) is 0 Å². The number of fused-ring (bicyclic) bond motifs is 1. The molecule has 0 spiro atoms. The Bertz CT molecular complexity index is 1310. The highest BCUT2D eigenvalue weighted by atomic mass is 16.5. The fourth-order valence-corrected chi connectivity index (χ4v) is 4.47. The number of ether oxygens (including phenoxy) is 2. The van der Waals surface area contributed by atoms with E-state index in [1.807, 2.05) is 41.4 Å². The molecule has 160 valence electrons. The van der Waals surface area contributed by atoms with Crippen molar-refractivity contribution in [3.63, 3.8) is 0 Å². The number of aromatic hydroxyl groups is 1. The van der Waals surface area contributed by atoms with Gasteiger partial charge in [0.2, 0.25) is 0 Å². The molecule has 1 N–H and O–H groups in total. The highest BCUT2D eigenvalue weighted by Gasteiger charge is 2.34. The Morgan fingerprint density at radius 3 is 2.34 bits per heavy atom. The van der Waals surface area contributed by atoms with Crippen LogP contribution in [0.2, 0.25) is 0 Å². The van der Waals surface area contributed by atoms with E-state index >= 15 is 0 Å². The molecule has 32 heavy (non-hydrogen) atoms. The number of nitrogens with zero attached hydrogens (tertiary/aromatic N) is 2. The topological polar surface area (TPSA) is 54.3 Å². The minimum absolute atomic E-state index is 0.0725. The summed E-state index contributed by atoms with van der Waals surface area (Å²) in [6.45, 7) is 0. The fourth-order valence-electron chi connectivity index (χ4n) is 4.47. The zero-order chi connectivity index (χ0) is 22.1. The third kappa shape index (κ3) is 3.32. The molecule has 0 radical (unpaired) electrons. The Morgan fingerprint density at radius 2 is 1.50 bits per heavy atom. The lowest BCUT2D eigenvalue weighted by Gasteiger charge is -2.26. The van der Waals surface area contributed by atoms with Gasteiger partial charge in [-0.05, 0) is 40.6 Å². The molecule has 5 nitrogen and oxygen atoms in total. The number of benzene rings is 4. The Morgan fingerprint density at radius 1 is 0.812 bits per heavy atom. The van der Waals surface area contributed by atoms with Crippen LogP contribution >= 0.6 is 0 Å². The summed E-state index contributed by atoms with van der Waals surface area (Å²) in [5, 5.41) is 20.0. The van der Waals surface area contributed by atoms with Crippen molar-refractivity contribution < 1.29 is 14.6 Å². The minimum Gasteiger partial charge on any atom is -0.507 e. The van der Waals surface area contributed by atoms with E-state index in [0.717, 1.165) is 17.1 Å². The lowest BCUT2D eigenvalue weighted by Crippen LogP contribution is -2.19. The molecule has 1 heterocycles. The third-order valence-corrected chi connectivity index (χ3v) is 5.94. The number of hydrogen-bond acceptors (Lipinski definition) is 5. The summed E-state index contributed by atoms with van der Waals surface area (Å²) in [5.74, 6) is 1.50. The summed E-state index contributed by atoms with van der Waals surface area (Å²) < 4.78 is 11.2. The molecule has 1 atom stereocenters. The van der Waals surface area contributed by atoms with Gasteiger partial charge in [0.1, 0.15) is 22.9 Å². The van der Waals surface area contributed by atoms with Gasteiger partial charge in [0, 0.05) is 6.42 Å². The predicted octanol–water partition coefficient (Wildman–Crippen LogP) is 5.92. The number of phenols is 1. The van der Waals surface area contributed by atoms with Crippen LogP contribution in [0.15, 0.2) is 90.0 Å². The molecule has 0 aliphatic carbocycles. The molecule has 1 aliphatic rings.